The molecule has 0 aliphatic heterocycles. The minimum Gasteiger partial charge on any atom is -0.384 e. The largest absolute Gasteiger partial charge is 0.384 e. The number of primary amides is 1. The zero-order chi connectivity index (χ0) is 7.82. The minimum absolute atomic E-state index is 0.115. The van der Waals surface area contributed by atoms with E-state index in [9.17, 15) is 4.79 Å². The molecular weight excluding hydrogens is 130 g/mol. The van der Waals surface area contributed by atoms with Crippen molar-refractivity contribution in [3.8, 4) is 11.8 Å². The van der Waals surface area contributed by atoms with Gasteiger partial charge in [-0.25, -0.2) is 0 Å². The van der Waals surface area contributed by atoms with E-state index in [0.717, 1.165) is 0 Å². The summed E-state index contributed by atoms with van der Waals surface area (Å²) in [5.74, 6) is 4.86. The first-order valence-electron chi connectivity index (χ1n) is 3.12. The number of amides is 1. The second-order valence-electron chi connectivity index (χ2n) is 1.83. The SMILES string of the molecule is NC(=O)CCCC#CCO. The molecule has 3 N–H and O–H groups in total. The molecule has 0 radical (unpaired) electrons. The lowest BCUT2D eigenvalue weighted by atomic mass is 10.2. The number of hydrogen-bond donors (Lipinski definition) is 2. The number of rotatable bonds is 3. The number of aliphatic hydroxyl groups excluding tert-OH is 1. The number of carbonyl (C=O) groups is 1. The van der Waals surface area contributed by atoms with Gasteiger partial charge in [0.1, 0.15) is 6.61 Å². The van der Waals surface area contributed by atoms with Crippen LogP contribution in [0.3, 0.4) is 0 Å². The van der Waals surface area contributed by atoms with Crippen LogP contribution in [0.1, 0.15) is 19.3 Å². The molecule has 0 aromatic carbocycles. The highest BCUT2D eigenvalue weighted by molar-refractivity contribution is 5.73. The second-order valence-corrected chi connectivity index (χ2v) is 1.83. The molecule has 0 saturated heterocycles. The van der Waals surface area contributed by atoms with Crippen LogP contribution in [0.4, 0.5) is 0 Å². The van der Waals surface area contributed by atoms with Gasteiger partial charge in [-0.2, -0.15) is 0 Å². The van der Waals surface area contributed by atoms with E-state index in [1.807, 2.05) is 0 Å². The van der Waals surface area contributed by atoms with Crippen molar-refractivity contribution in [2.45, 2.75) is 19.3 Å². The van der Waals surface area contributed by atoms with Crippen molar-refractivity contribution >= 4 is 5.91 Å². The van der Waals surface area contributed by atoms with Gasteiger partial charge in [0.05, 0.1) is 0 Å². The number of aliphatic hydroxyl groups is 1. The standard InChI is InChI=1S/C7H11NO2/c8-7(10)5-3-1-2-4-6-9/h9H,1,3,5-6H2,(H2,8,10). The van der Waals surface area contributed by atoms with Crippen molar-refractivity contribution in [2.75, 3.05) is 6.61 Å². The molecule has 0 aromatic rings. The van der Waals surface area contributed by atoms with Gasteiger partial charge in [0, 0.05) is 12.8 Å². The summed E-state index contributed by atoms with van der Waals surface area (Å²) in [5, 5.41) is 8.21. The lowest BCUT2D eigenvalue weighted by Gasteiger charge is -1.87. The summed E-state index contributed by atoms with van der Waals surface area (Å²) in [5.41, 5.74) is 4.87. The molecule has 0 spiro atoms. The maximum Gasteiger partial charge on any atom is 0.217 e. The number of unbranched alkanes of at least 4 members (excludes halogenated alkanes) is 1. The summed E-state index contributed by atoms with van der Waals surface area (Å²) in [6.45, 7) is -0.115. The maximum absolute atomic E-state index is 10.2. The zero-order valence-corrected chi connectivity index (χ0v) is 5.76. The maximum atomic E-state index is 10.2. The van der Waals surface area contributed by atoms with E-state index in [-0.39, 0.29) is 12.5 Å². The van der Waals surface area contributed by atoms with Crippen LogP contribution < -0.4 is 5.73 Å². The summed E-state index contributed by atoms with van der Waals surface area (Å²) >= 11 is 0. The Bertz CT molecular complexity index is 155. The van der Waals surface area contributed by atoms with Crippen LogP contribution >= 0.6 is 0 Å². The number of nitrogens with two attached hydrogens (primary N) is 1. The molecule has 3 nitrogen and oxygen atoms in total. The van der Waals surface area contributed by atoms with Gasteiger partial charge in [0.15, 0.2) is 0 Å². The normalized spacial score (nSPS) is 8.10. The van der Waals surface area contributed by atoms with Gasteiger partial charge >= 0.3 is 0 Å². The summed E-state index contributed by atoms with van der Waals surface area (Å²) in [6, 6.07) is 0. The molecule has 0 bridgehead atoms. The minimum atomic E-state index is -0.300. The monoisotopic (exact) mass is 141 g/mol. The molecule has 56 valence electrons. The van der Waals surface area contributed by atoms with Crippen LogP contribution in [-0.2, 0) is 4.79 Å². The third-order valence-electron chi connectivity index (χ3n) is 0.929. The van der Waals surface area contributed by atoms with Crippen LogP contribution in [0.25, 0.3) is 0 Å². The Labute approximate surface area is 60.2 Å². The highest BCUT2D eigenvalue weighted by atomic mass is 16.2. The molecule has 0 saturated carbocycles. The Balaban J connectivity index is 3.13. The van der Waals surface area contributed by atoms with E-state index < -0.39 is 0 Å². The summed E-state index contributed by atoms with van der Waals surface area (Å²) in [6.07, 6.45) is 1.69. The van der Waals surface area contributed by atoms with Crippen molar-refractivity contribution in [1.82, 2.24) is 0 Å². The van der Waals surface area contributed by atoms with E-state index in [2.05, 4.69) is 11.8 Å². The summed E-state index contributed by atoms with van der Waals surface area (Å²) in [4.78, 5) is 10.2. The van der Waals surface area contributed by atoms with Crippen LogP contribution in [0.15, 0.2) is 0 Å². The lowest BCUT2D eigenvalue weighted by Crippen LogP contribution is -2.09. The molecule has 0 aliphatic rings. The molecule has 0 aliphatic carbocycles. The topological polar surface area (TPSA) is 63.3 Å². The summed E-state index contributed by atoms with van der Waals surface area (Å²) < 4.78 is 0. The highest BCUT2D eigenvalue weighted by Crippen LogP contribution is 1.90. The number of carbonyl (C=O) groups excluding carboxylic acids is 1. The fraction of sp³-hybridized carbons (Fsp3) is 0.571. The molecule has 0 fully saturated rings. The first-order valence-corrected chi connectivity index (χ1v) is 3.12. The quantitative estimate of drug-likeness (QED) is 0.416. The van der Waals surface area contributed by atoms with Gasteiger partial charge in [-0.3, -0.25) is 4.79 Å². The van der Waals surface area contributed by atoms with Crippen LogP contribution in [0.5, 0.6) is 0 Å². The fourth-order valence-electron chi connectivity index (χ4n) is 0.495. The number of hydrogen-bond acceptors (Lipinski definition) is 2. The molecule has 0 unspecified atom stereocenters. The van der Waals surface area contributed by atoms with Gasteiger partial charge in [-0.1, -0.05) is 5.92 Å². The van der Waals surface area contributed by atoms with Crippen molar-refractivity contribution in [2.24, 2.45) is 5.73 Å². The Morgan fingerprint density at radius 1 is 1.50 bits per heavy atom. The predicted molar refractivity (Wildman–Crippen MR) is 37.9 cm³/mol. The average molecular weight is 141 g/mol. The van der Waals surface area contributed by atoms with Gasteiger partial charge in [0.25, 0.3) is 0 Å². The van der Waals surface area contributed by atoms with Crippen LogP contribution in [-0.4, -0.2) is 17.6 Å². The molecule has 0 heterocycles. The third-order valence-corrected chi connectivity index (χ3v) is 0.929. The zero-order valence-electron chi connectivity index (χ0n) is 5.76. The summed E-state index contributed by atoms with van der Waals surface area (Å²) in [7, 11) is 0. The third kappa shape index (κ3) is 6.99. The van der Waals surface area contributed by atoms with Gasteiger partial charge < -0.3 is 10.8 Å². The Kier molecular flexibility index (Phi) is 5.50. The molecule has 0 aromatic heterocycles. The van der Waals surface area contributed by atoms with Crippen molar-refractivity contribution in [3.05, 3.63) is 0 Å². The highest BCUT2D eigenvalue weighted by Gasteiger charge is 1.90. The Morgan fingerprint density at radius 2 is 2.20 bits per heavy atom. The second kappa shape index (κ2) is 6.12. The molecular formula is C7H11NO2. The van der Waals surface area contributed by atoms with Crippen molar-refractivity contribution in [1.29, 1.82) is 0 Å². The molecule has 0 rings (SSSR count). The van der Waals surface area contributed by atoms with Gasteiger partial charge in [-0.15, -0.1) is 5.92 Å². The van der Waals surface area contributed by atoms with Crippen LogP contribution in [0, 0.1) is 11.8 Å². The van der Waals surface area contributed by atoms with E-state index >= 15 is 0 Å². The van der Waals surface area contributed by atoms with E-state index in [1.165, 1.54) is 0 Å². The molecule has 0 atom stereocenters. The lowest BCUT2D eigenvalue weighted by molar-refractivity contribution is -0.118. The van der Waals surface area contributed by atoms with Crippen molar-refractivity contribution < 1.29 is 9.90 Å². The average Bonchev–Trinajstić information content (AvgIpc) is 1.87. The first-order chi connectivity index (χ1) is 4.77. The Morgan fingerprint density at radius 3 is 2.70 bits per heavy atom. The van der Waals surface area contributed by atoms with Gasteiger partial charge in [-0.05, 0) is 6.42 Å². The van der Waals surface area contributed by atoms with E-state index in [1.54, 1.807) is 0 Å². The predicted octanol–water partition coefficient (Wildman–Crippen LogP) is -0.362. The van der Waals surface area contributed by atoms with E-state index in [0.29, 0.717) is 19.3 Å². The fourth-order valence-corrected chi connectivity index (χ4v) is 0.495. The van der Waals surface area contributed by atoms with E-state index in [4.69, 9.17) is 10.8 Å². The molecule has 3 heteroatoms. The Hall–Kier alpha value is -1.01. The molecule has 1 amide bonds. The van der Waals surface area contributed by atoms with Gasteiger partial charge in [0.2, 0.25) is 5.91 Å². The van der Waals surface area contributed by atoms with Crippen LogP contribution in [0.2, 0.25) is 0 Å². The smallest absolute Gasteiger partial charge is 0.217 e. The molecule has 10 heavy (non-hydrogen) atoms. The van der Waals surface area contributed by atoms with Crippen molar-refractivity contribution in [3.63, 3.8) is 0 Å². The first kappa shape index (κ1) is 8.99.